The zero-order chi connectivity index (χ0) is 7.23. The van der Waals surface area contributed by atoms with Gasteiger partial charge in [-0.25, -0.2) is 0 Å². The number of aliphatic imine (C=N–C) groups is 1. The van der Waals surface area contributed by atoms with Gasteiger partial charge in [-0.05, 0) is 0 Å². The Balaban J connectivity index is 2.27. The normalized spacial score (nSPS) is 19.3. The van der Waals surface area contributed by atoms with Gasteiger partial charge in [0.2, 0.25) is 6.19 Å². The lowest BCUT2D eigenvalue weighted by atomic mass is 10.5. The zero-order valence-electron chi connectivity index (χ0n) is 5.66. The van der Waals surface area contributed by atoms with Crippen molar-refractivity contribution < 1.29 is 4.74 Å². The lowest BCUT2D eigenvalue weighted by Gasteiger charge is -2.23. The summed E-state index contributed by atoms with van der Waals surface area (Å²) in [7, 11) is 0. The summed E-state index contributed by atoms with van der Waals surface area (Å²) < 4.78 is 5.09. The van der Waals surface area contributed by atoms with Crippen LogP contribution in [0.1, 0.15) is 0 Å². The Morgan fingerprint density at radius 2 is 2.20 bits per heavy atom. The smallest absolute Gasteiger partial charge is 0.207 e. The van der Waals surface area contributed by atoms with E-state index in [1.807, 2.05) is 4.90 Å². The Hall–Kier alpha value is -1.08. The molecule has 4 heteroatoms. The predicted octanol–water partition coefficient (Wildman–Crippen LogP) is -0.172. The van der Waals surface area contributed by atoms with Crippen molar-refractivity contribution in [2.45, 2.75) is 0 Å². The van der Waals surface area contributed by atoms with Gasteiger partial charge in [-0.1, -0.05) is 0 Å². The molecule has 1 saturated heterocycles. The molecule has 0 aromatic rings. The van der Waals surface area contributed by atoms with E-state index in [1.165, 1.54) is 0 Å². The third-order valence-electron chi connectivity index (χ3n) is 1.32. The SMILES string of the molecule is N#CN=CN1CCOCC1. The number of hydrogen-bond donors (Lipinski definition) is 0. The van der Waals surface area contributed by atoms with Gasteiger partial charge in [0.25, 0.3) is 0 Å². The third kappa shape index (κ3) is 2.03. The molecule has 0 N–H and O–H groups in total. The summed E-state index contributed by atoms with van der Waals surface area (Å²) >= 11 is 0. The van der Waals surface area contributed by atoms with Gasteiger partial charge in [0.1, 0.15) is 6.34 Å². The molecule has 4 nitrogen and oxygen atoms in total. The van der Waals surface area contributed by atoms with Crippen molar-refractivity contribution >= 4 is 6.34 Å². The molecular formula is C6H9N3O. The van der Waals surface area contributed by atoms with Crippen LogP contribution in [0.25, 0.3) is 0 Å². The summed E-state index contributed by atoms with van der Waals surface area (Å²) in [5, 5.41) is 8.09. The Morgan fingerprint density at radius 3 is 2.80 bits per heavy atom. The van der Waals surface area contributed by atoms with Crippen LogP contribution in [0.4, 0.5) is 0 Å². The monoisotopic (exact) mass is 139 g/mol. The number of nitrogens with zero attached hydrogens (tertiary/aromatic N) is 3. The molecule has 0 aromatic heterocycles. The van der Waals surface area contributed by atoms with E-state index in [1.54, 1.807) is 12.5 Å². The molecule has 1 aliphatic rings. The van der Waals surface area contributed by atoms with Crippen molar-refractivity contribution in [3.05, 3.63) is 0 Å². The van der Waals surface area contributed by atoms with E-state index in [4.69, 9.17) is 10.00 Å². The summed E-state index contributed by atoms with van der Waals surface area (Å²) in [4.78, 5) is 5.41. The molecule has 0 bridgehead atoms. The molecular weight excluding hydrogens is 130 g/mol. The van der Waals surface area contributed by atoms with Crippen molar-refractivity contribution in [1.82, 2.24) is 4.90 Å². The van der Waals surface area contributed by atoms with E-state index in [9.17, 15) is 0 Å². The number of hydrogen-bond acceptors (Lipinski definition) is 3. The van der Waals surface area contributed by atoms with Crippen LogP contribution in [0.3, 0.4) is 0 Å². The molecule has 0 saturated carbocycles. The van der Waals surface area contributed by atoms with Crippen molar-refractivity contribution in [2.75, 3.05) is 26.3 Å². The first-order valence-corrected chi connectivity index (χ1v) is 3.17. The largest absolute Gasteiger partial charge is 0.378 e. The summed E-state index contributed by atoms with van der Waals surface area (Å²) in [6, 6.07) is 0. The van der Waals surface area contributed by atoms with Crippen LogP contribution < -0.4 is 0 Å². The molecule has 1 rings (SSSR count). The van der Waals surface area contributed by atoms with Crippen LogP contribution in [-0.4, -0.2) is 37.5 Å². The van der Waals surface area contributed by atoms with Crippen LogP contribution in [0.5, 0.6) is 0 Å². The third-order valence-corrected chi connectivity index (χ3v) is 1.32. The zero-order valence-corrected chi connectivity index (χ0v) is 5.66. The standard InChI is InChI=1S/C6H9N3O/c7-5-8-6-9-1-3-10-4-2-9/h6H,1-4H2. The minimum absolute atomic E-state index is 0.734. The first-order chi connectivity index (χ1) is 4.93. The molecule has 10 heavy (non-hydrogen) atoms. The van der Waals surface area contributed by atoms with E-state index in [2.05, 4.69) is 4.99 Å². The van der Waals surface area contributed by atoms with E-state index >= 15 is 0 Å². The second-order valence-corrected chi connectivity index (χ2v) is 1.99. The van der Waals surface area contributed by atoms with E-state index < -0.39 is 0 Å². The van der Waals surface area contributed by atoms with Crippen LogP contribution in [0, 0.1) is 11.5 Å². The lowest BCUT2D eigenvalue weighted by molar-refractivity contribution is 0.0701. The molecule has 0 aromatic carbocycles. The van der Waals surface area contributed by atoms with Gasteiger partial charge in [-0.2, -0.15) is 10.3 Å². The molecule has 1 aliphatic heterocycles. The van der Waals surface area contributed by atoms with Crippen molar-refractivity contribution in [1.29, 1.82) is 5.26 Å². The molecule has 0 spiro atoms. The molecule has 0 aliphatic carbocycles. The van der Waals surface area contributed by atoms with Crippen LogP contribution in [-0.2, 0) is 4.74 Å². The highest BCUT2D eigenvalue weighted by molar-refractivity contribution is 5.56. The molecule has 54 valence electrons. The van der Waals surface area contributed by atoms with Crippen LogP contribution in [0.15, 0.2) is 4.99 Å². The number of rotatable bonds is 1. The molecule has 0 unspecified atom stereocenters. The Bertz CT molecular complexity index is 155. The first kappa shape index (κ1) is 7.03. The Labute approximate surface area is 59.7 Å². The quantitative estimate of drug-likeness (QED) is 0.288. The second-order valence-electron chi connectivity index (χ2n) is 1.99. The maximum atomic E-state index is 8.09. The summed E-state index contributed by atoms with van der Waals surface area (Å²) in [6.07, 6.45) is 3.26. The highest BCUT2D eigenvalue weighted by Crippen LogP contribution is 1.91. The number of ether oxygens (including phenoxy) is 1. The fraction of sp³-hybridized carbons (Fsp3) is 0.667. The molecule has 1 fully saturated rings. The van der Waals surface area contributed by atoms with E-state index in [-0.39, 0.29) is 0 Å². The highest BCUT2D eigenvalue weighted by Gasteiger charge is 2.04. The number of nitriles is 1. The molecule has 1 heterocycles. The van der Waals surface area contributed by atoms with E-state index in [0.717, 1.165) is 26.3 Å². The average Bonchev–Trinajstić information content (AvgIpc) is 2.03. The van der Waals surface area contributed by atoms with Gasteiger partial charge in [-0.15, -0.1) is 0 Å². The van der Waals surface area contributed by atoms with Gasteiger partial charge in [-0.3, -0.25) is 0 Å². The van der Waals surface area contributed by atoms with E-state index in [0.29, 0.717) is 0 Å². The van der Waals surface area contributed by atoms with Gasteiger partial charge in [0.05, 0.1) is 13.2 Å². The van der Waals surface area contributed by atoms with Crippen molar-refractivity contribution in [3.63, 3.8) is 0 Å². The summed E-state index contributed by atoms with van der Waals surface area (Å²) in [5.41, 5.74) is 0. The second kappa shape index (κ2) is 3.85. The minimum atomic E-state index is 0.734. The fourth-order valence-corrected chi connectivity index (χ4v) is 0.800. The predicted molar refractivity (Wildman–Crippen MR) is 36.5 cm³/mol. The summed E-state index contributed by atoms with van der Waals surface area (Å²) in [6.45, 7) is 3.14. The van der Waals surface area contributed by atoms with Crippen LogP contribution >= 0.6 is 0 Å². The Kier molecular flexibility index (Phi) is 2.71. The average molecular weight is 139 g/mol. The lowest BCUT2D eigenvalue weighted by Crippen LogP contribution is -2.34. The minimum Gasteiger partial charge on any atom is -0.378 e. The van der Waals surface area contributed by atoms with Crippen molar-refractivity contribution in [3.8, 4) is 6.19 Å². The summed E-state index contributed by atoms with van der Waals surface area (Å²) in [5.74, 6) is 0. The fourth-order valence-electron chi connectivity index (χ4n) is 0.800. The van der Waals surface area contributed by atoms with Gasteiger partial charge < -0.3 is 9.64 Å². The molecule has 0 atom stereocenters. The van der Waals surface area contributed by atoms with Gasteiger partial charge in [0.15, 0.2) is 0 Å². The maximum Gasteiger partial charge on any atom is 0.207 e. The van der Waals surface area contributed by atoms with Crippen LogP contribution in [0.2, 0.25) is 0 Å². The molecule has 0 amide bonds. The topological polar surface area (TPSA) is 48.6 Å². The van der Waals surface area contributed by atoms with Gasteiger partial charge >= 0.3 is 0 Å². The molecule has 0 radical (unpaired) electrons. The van der Waals surface area contributed by atoms with Gasteiger partial charge in [0, 0.05) is 13.1 Å². The first-order valence-electron chi connectivity index (χ1n) is 3.17. The highest BCUT2D eigenvalue weighted by atomic mass is 16.5. The maximum absolute atomic E-state index is 8.09. The Morgan fingerprint density at radius 1 is 1.50 bits per heavy atom. The number of morpholine rings is 1. The van der Waals surface area contributed by atoms with Crippen molar-refractivity contribution in [2.24, 2.45) is 4.99 Å².